The van der Waals surface area contributed by atoms with Crippen LogP contribution in [-0.2, 0) is 5.41 Å². The van der Waals surface area contributed by atoms with E-state index in [1.54, 1.807) is 0 Å². The van der Waals surface area contributed by atoms with Crippen LogP contribution in [0.1, 0.15) is 97.1 Å². The monoisotopic (exact) mass is 761 g/mol. The van der Waals surface area contributed by atoms with Crippen LogP contribution in [0.25, 0.3) is 21.6 Å². The van der Waals surface area contributed by atoms with Gasteiger partial charge in [-0.25, -0.2) is 0 Å². The maximum atomic E-state index is 2.60. The van der Waals surface area contributed by atoms with Crippen molar-refractivity contribution in [2.75, 3.05) is 4.90 Å². The Morgan fingerprint density at radius 1 is 0.542 bits per heavy atom. The summed E-state index contributed by atoms with van der Waals surface area (Å²) in [6, 6.07) is 41.4. The average Bonchev–Trinajstić information content (AvgIpc) is 3.74. The topological polar surface area (TPSA) is 3.24 Å². The molecule has 0 atom stereocenters. The molecule has 0 spiro atoms. The van der Waals surface area contributed by atoms with Crippen LogP contribution in [-0.4, -0.2) is 18.4 Å². The predicted octanol–water partition coefficient (Wildman–Crippen LogP) is 14.0. The molecule has 0 N–H and O–H groups in total. The van der Waals surface area contributed by atoms with Crippen molar-refractivity contribution >= 4 is 49.7 Å². The summed E-state index contributed by atoms with van der Waals surface area (Å²) in [7, 11) is 0. The molecule has 0 fully saturated rings. The van der Waals surface area contributed by atoms with E-state index in [-0.39, 0.29) is 5.41 Å². The van der Waals surface area contributed by atoms with Gasteiger partial charge in [-0.15, -0.1) is 0 Å². The Labute approximate surface area is 299 Å². The van der Waals surface area contributed by atoms with Crippen LogP contribution in [0.2, 0.25) is 13.3 Å². The number of anilines is 3. The molecule has 0 bridgehead atoms. The number of hydrogen-bond acceptors (Lipinski definition) is 2. The summed E-state index contributed by atoms with van der Waals surface area (Å²) < 4.78 is 6.43. The Kier molecular flexibility index (Phi) is 11.5. The van der Waals surface area contributed by atoms with Gasteiger partial charge >= 0.3 is 241 Å². The van der Waals surface area contributed by atoms with Gasteiger partial charge in [0.05, 0.1) is 0 Å². The molecule has 1 aliphatic carbocycles. The van der Waals surface area contributed by atoms with E-state index >= 15 is 0 Å². The van der Waals surface area contributed by atoms with Gasteiger partial charge in [-0.3, -0.25) is 0 Å². The Bertz CT molecular complexity index is 1710. The zero-order valence-electron chi connectivity index (χ0n) is 30.0. The Morgan fingerprint density at radius 3 is 1.58 bits per heavy atom. The van der Waals surface area contributed by atoms with Crippen LogP contribution in [0.4, 0.5) is 17.1 Å². The van der Waals surface area contributed by atoms with Crippen LogP contribution < -0.4 is 7.79 Å². The van der Waals surface area contributed by atoms with Gasteiger partial charge in [0.25, 0.3) is 0 Å². The summed E-state index contributed by atoms with van der Waals surface area (Å²) >= 11 is -0.289. The molecule has 1 nitrogen and oxygen atoms in total. The summed E-state index contributed by atoms with van der Waals surface area (Å²) in [5.74, 6) is 0. The van der Waals surface area contributed by atoms with E-state index in [0.29, 0.717) is 0 Å². The van der Waals surface area contributed by atoms with Crippen molar-refractivity contribution in [3.63, 3.8) is 0 Å². The van der Waals surface area contributed by atoms with Gasteiger partial charge in [0, 0.05) is 0 Å². The van der Waals surface area contributed by atoms with Crippen molar-refractivity contribution in [1.29, 1.82) is 0 Å². The van der Waals surface area contributed by atoms with Gasteiger partial charge in [0.1, 0.15) is 0 Å². The summed E-state index contributed by atoms with van der Waals surface area (Å²) in [6.45, 7) is 12.0. The van der Waals surface area contributed by atoms with E-state index in [4.69, 9.17) is 0 Å². The van der Waals surface area contributed by atoms with Gasteiger partial charge < -0.3 is 0 Å². The molecule has 0 unspecified atom stereocenters. The quantitative estimate of drug-likeness (QED) is 0.0906. The maximum absolute atomic E-state index is 2.60. The molecule has 4 aromatic carbocycles. The van der Waals surface area contributed by atoms with Gasteiger partial charge in [-0.1, -0.05) is 36.4 Å². The second kappa shape index (κ2) is 15.8. The molecule has 250 valence electrons. The van der Waals surface area contributed by atoms with E-state index in [0.717, 1.165) is 12.8 Å². The zero-order chi connectivity index (χ0) is 33.6. The van der Waals surface area contributed by atoms with E-state index in [9.17, 15) is 0 Å². The Morgan fingerprint density at radius 2 is 1.06 bits per heavy atom. The van der Waals surface area contributed by atoms with E-state index in [1.165, 1.54) is 102 Å². The Hall–Kier alpha value is -2.82. The van der Waals surface area contributed by atoms with Gasteiger partial charge in [-0.2, -0.15) is 0 Å². The van der Waals surface area contributed by atoms with Crippen LogP contribution in [0.5, 0.6) is 0 Å². The molecule has 1 heterocycles. The minimum absolute atomic E-state index is 0.00217. The van der Waals surface area contributed by atoms with Crippen LogP contribution in [0.3, 0.4) is 0 Å². The number of unbranched alkanes of at least 4 members (excludes halogenated alkanes) is 3. The first-order chi connectivity index (χ1) is 23.5. The van der Waals surface area contributed by atoms with Crippen molar-refractivity contribution in [3.8, 4) is 21.6 Å². The fourth-order valence-electron chi connectivity index (χ4n) is 8.46. The first kappa shape index (κ1) is 35.0. The standard InChI is InChI=1S/C33H28NS.3C4H9.Sn/c1-3-33(4-2)30-22-24(32-16-11-21-35-32)17-19-28(30)29-20-18-27(23-31(29)33)34(25-12-7-5-8-13-25)26-14-9-6-10-15-26;3*1-3-4-2;/h5-20,22-23H,3-4H2,1-2H3;3*1,3-4H2,2H3;. The fraction of sp³-hybridized carbons (Fsp3) is 0.378. The van der Waals surface area contributed by atoms with Crippen LogP contribution in [0.15, 0.2) is 109 Å². The number of fused-ring (bicyclic) bond motifs is 3. The summed E-state index contributed by atoms with van der Waals surface area (Å²) in [5, 5.41) is 0. The second-order valence-corrected chi connectivity index (χ2v) is 29.3. The number of hydrogen-bond donors (Lipinski definition) is 0. The minimum atomic E-state index is -2.47. The van der Waals surface area contributed by atoms with Gasteiger partial charge in [-0.05, 0) is 24.3 Å². The molecule has 6 rings (SSSR count). The third-order valence-corrected chi connectivity index (χ3v) is 30.7. The third-order valence-electron chi connectivity index (χ3n) is 11.3. The van der Waals surface area contributed by atoms with Crippen molar-refractivity contribution < 1.29 is 0 Å². The van der Waals surface area contributed by atoms with E-state index in [2.05, 4.69) is 160 Å². The third kappa shape index (κ3) is 6.69. The molecule has 5 aromatic rings. The number of benzene rings is 4. The molecule has 0 saturated heterocycles. The SMILES string of the molecule is CCC[CH2][Sn]([CH2]CCC)([CH2]CCC)[c]1ccc(-c2ccc3c(c2)C(CC)(CC)c2cc(N(c4ccccc4)c4ccccc4)ccc2-3)s1. The molecular weight excluding hydrogens is 705 g/mol. The second-order valence-electron chi connectivity index (χ2n) is 14.0. The molecule has 1 aliphatic rings. The van der Waals surface area contributed by atoms with Crippen molar-refractivity contribution in [2.24, 2.45) is 0 Å². The van der Waals surface area contributed by atoms with Crippen molar-refractivity contribution in [1.82, 2.24) is 0 Å². The molecule has 0 amide bonds. The van der Waals surface area contributed by atoms with Gasteiger partial charge in [0.2, 0.25) is 0 Å². The molecule has 48 heavy (non-hydrogen) atoms. The summed E-state index contributed by atoms with van der Waals surface area (Å²) in [4.78, 5) is 3.89. The Balaban J connectivity index is 1.41. The average molecular weight is 761 g/mol. The first-order valence-corrected chi connectivity index (χ1v) is 27.1. The molecule has 0 saturated carbocycles. The number of rotatable bonds is 16. The summed E-state index contributed by atoms with van der Waals surface area (Å²) in [6.07, 6.45) is 10.4. The van der Waals surface area contributed by atoms with Crippen LogP contribution in [0, 0.1) is 0 Å². The first-order valence-electron chi connectivity index (χ1n) is 18.8. The van der Waals surface area contributed by atoms with E-state index < -0.39 is 18.4 Å². The molecule has 3 heteroatoms. The zero-order valence-corrected chi connectivity index (χ0v) is 33.7. The van der Waals surface area contributed by atoms with Gasteiger partial charge in [0.15, 0.2) is 0 Å². The molecule has 1 aromatic heterocycles. The van der Waals surface area contributed by atoms with Crippen molar-refractivity contribution in [2.45, 2.75) is 105 Å². The molecule has 0 radical (unpaired) electrons. The number of para-hydroxylation sites is 2. The fourth-order valence-corrected chi connectivity index (χ4v) is 28.6. The normalized spacial score (nSPS) is 13.4. The van der Waals surface area contributed by atoms with Crippen LogP contribution >= 0.6 is 11.3 Å². The predicted molar refractivity (Wildman–Crippen MR) is 216 cm³/mol. The number of nitrogens with zero attached hydrogens (tertiary/aromatic N) is 1. The number of thiophene rings is 1. The van der Waals surface area contributed by atoms with Crippen molar-refractivity contribution in [3.05, 3.63) is 120 Å². The summed E-state index contributed by atoms with van der Waals surface area (Å²) in [5.41, 5.74) is 10.9. The molecule has 0 aliphatic heterocycles. The molecular formula is C45H55NSSn. The van der Waals surface area contributed by atoms with E-state index in [1.807, 2.05) is 2.89 Å².